The number of Topliss-reactive ketones (excluding diaryl/α,β-unsaturated/α-hetero) is 2. The second-order valence-corrected chi connectivity index (χ2v) is 11.0. The summed E-state index contributed by atoms with van der Waals surface area (Å²) in [5, 5.41) is 12.3. The minimum Gasteiger partial charge on any atom is -0.504 e. The van der Waals surface area contributed by atoms with E-state index in [0.29, 0.717) is 34.9 Å². The van der Waals surface area contributed by atoms with Gasteiger partial charge in [0.1, 0.15) is 22.6 Å². The van der Waals surface area contributed by atoms with Crippen LogP contribution >= 0.6 is 0 Å². The van der Waals surface area contributed by atoms with Gasteiger partial charge in [-0.3, -0.25) is 14.5 Å². The van der Waals surface area contributed by atoms with E-state index in [4.69, 9.17) is 14.2 Å². The molecule has 0 amide bonds. The zero-order valence-corrected chi connectivity index (χ0v) is 23.2. The lowest BCUT2D eigenvalue weighted by Crippen LogP contribution is -2.52. The van der Waals surface area contributed by atoms with Crippen LogP contribution in [-0.2, 0) is 5.54 Å². The fourth-order valence-corrected chi connectivity index (χ4v) is 7.95. The molecule has 2 saturated heterocycles. The average molecular weight is 550 g/mol. The van der Waals surface area contributed by atoms with Crippen LogP contribution in [0.1, 0.15) is 50.6 Å². The molecular weight excluding hydrogens is 518 g/mol. The van der Waals surface area contributed by atoms with Crippen molar-refractivity contribution >= 4 is 22.3 Å². The van der Waals surface area contributed by atoms with E-state index >= 15 is 4.79 Å². The second-order valence-electron chi connectivity index (χ2n) is 11.0. The van der Waals surface area contributed by atoms with E-state index in [2.05, 4.69) is 4.90 Å². The topological polar surface area (TPSA) is 85.3 Å². The molecule has 4 aromatic rings. The summed E-state index contributed by atoms with van der Waals surface area (Å²) in [5.41, 5.74) is 1.50. The van der Waals surface area contributed by atoms with Crippen molar-refractivity contribution < 1.29 is 28.9 Å². The predicted molar refractivity (Wildman–Crippen MR) is 154 cm³/mol. The Kier molecular flexibility index (Phi) is 5.84. The van der Waals surface area contributed by atoms with E-state index in [1.165, 1.54) is 21.3 Å². The molecule has 41 heavy (non-hydrogen) atoms. The van der Waals surface area contributed by atoms with Gasteiger partial charge in [-0.15, -0.1) is 0 Å². The van der Waals surface area contributed by atoms with Crippen molar-refractivity contribution in [3.63, 3.8) is 0 Å². The average Bonchev–Trinajstić information content (AvgIpc) is 3.66. The van der Waals surface area contributed by atoms with Crippen molar-refractivity contribution in [2.45, 2.75) is 30.3 Å². The zero-order valence-electron chi connectivity index (χ0n) is 23.2. The summed E-state index contributed by atoms with van der Waals surface area (Å²) < 4.78 is 16.9. The predicted octanol–water partition coefficient (Wildman–Crippen LogP) is 5.72. The van der Waals surface area contributed by atoms with E-state index < -0.39 is 11.5 Å². The van der Waals surface area contributed by atoms with E-state index in [0.717, 1.165) is 34.7 Å². The fourth-order valence-electron chi connectivity index (χ4n) is 7.95. The summed E-state index contributed by atoms with van der Waals surface area (Å²) in [6.07, 6.45) is 1.75. The maximum atomic E-state index is 15.2. The molecule has 4 aromatic carbocycles. The molecule has 4 atom stereocenters. The molecule has 1 aliphatic carbocycles. The van der Waals surface area contributed by atoms with Gasteiger partial charge in [-0.05, 0) is 65.6 Å². The number of phenolic OH excluding ortho intramolecular Hbond substituents is 1. The van der Waals surface area contributed by atoms with Gasteiger partial charge in [0, 0.05) is 17.5 Å². The Morgan fingerprint density at radius 1 is 0.902 bits per heavy atom. The van der Waals surface area contributed by atoms with Gasteiger partial charge < -0.3 is 19.3 Å². The van der Waals surface area contributed by atoms with E-state index in [9.17, 15) is 9.90 Å². The number of phenols is 1. The molecule has 1 spiro atoms. The summed E-state index contributed by atoms with van der Waals surface area (Å²) in [5.74, 6) is -0.242. The third-order valence-corrected chi connectivity index (χ3v) is 9.43. The van der Waals surface area contributed by atoms with Crippen molar-refractivity contribution in [1.82, 2.24) is 4.90 Å². The number of ketones is 2. The molecule has 2 fully saturated rings. The third kappa shape index (κ3) is 3.29. The Hall–Kier alpha value is -4.36. The first-order valence-corrected chi connectivity index (χ1v) is 13.9. The number of methoxy groups -OCH3 is 3. The molecule has 3 aliphatic rings. The van der Waals surface area contributed by atoms with Crippen LogP contribution in [0.3, 0.4) is 0 Å². The maximum Gasteiger partial charge on any atom is 0.189 e. The van der Waals surface area contributed by atoms with Crippen molar-refractivity contribution in [3.05, 3.63) is 95.1 Å². The highest BCUT2D eigenvalue weighted by molar-refractivity contribution is 6.23. The summed E-state index contributed by atoms with van der Waals surface area (Å²) >= 11 is 0. The molecule has 0 aromatic heterocycles. The maximum absolute atomic E-state index is 15.2. The Labute approximate surface area is 238 Å². The van der Waals surface area contributed by atoms with E-state index in [1.54, 1.807) is 24.3 Å². The third-order valence-electron chi connectivity index (χ3n) is 9.43. The Balaban J connectivity index is 1.55. The highest BCUT2D eigenvalue weighted by Gasteiger charge is 2.69. The second kappa shape index (κ2) is 9.35. The van der Waals surface area contributed by atoms with Crippen LogP contribution in [0.4, 0.5) is 0 Å². The van der Waals surface area contributed by atoms with E-state index in [1.807, 2.05) is 48.5 Å². The molecule has 208 valence electrons. The van der Waals surface area contributed by atoms with Crippen molar-refractivity contribution in [2.24, 2.45) is 5.92 Å². The quantitative estimate of drug-likeness (QED) is 0.308. The van der Waals surface area contributed by atoms with Crippen LogP contribution in [0.25, 0.3) is 10.8 Å². The first-order valence-electron chi connectivity index (χ1n) is 13.9. The lowest BCUT2D eigenvalue weighted by Gasteiger charge is -2.38. The number of ether oxygens (including phenoxy) is 3. The smallest absolute Gasteiger partial charge is 0.189 e. The lowest BCUT2D eigenvalue weighted by molar-refractivity contribution is 0.0517. The van der Waals surface area contributed by atoms with Gasteiger partial charge in [-0.25, -0.2) is 0 Å². The first kappa shape index (κ1) is 25.6. The van der Waals surface area contributed by atoms with Crippen LogP contribution in [0, 0.1) is 5.92 Å². The molecule has 1 N–H and O–H groups in total. The molecule has 0 saturated carbocycles. The van der Waals surface area contributed by atoms with E-state index in [-0.39, 0.29) is 29.3 Å². The first-order chi connectivity index (χ1) is 20.0. The summed E-state index contributed by atoms with van der Waals surface area (Å²) in [6, 6.07) is 22.3. The number of carbonyl (C=O) groups excluding carboxylic acids is 2. The zero-order chi connectivity index (χ0) is 28.5. The highest BCUT2D eigenvalue weighted by atomic mass is 16.5. The fraction of sp³-hybridized carbons (Fsp3) is 0.294. The van der Waals surface area contributed by atoms with Crippen molar-refractivity contribution in [2.75, 3.05) is 27.9 Å². The monoisotopic (exact) mass is 549 g/mol. The molecule has 7 heteroatoms. The number of benzene rings is 4. The van der Waals surface area contributed by atoms with Gasteiger partial charge >= 0.3 is 0 Å². The number of aromatic hydroxyl groups is 1. The molecular formula is C34H31NO6. The SMILES string of the molecule is COc1cc(C2C3CCCN3C3(C(=O)c4cccc5cccc3c45)C2C(=O)c2c(OC)cccc2OC)ccc1O. The molecule has 0 radical (unpaired) electrons. The van der Waals surface area contributed by atoms with Crippen LogP contribution in [0.2, 0.25) is 0 Å². The van der Waals surface area contributed by atoms with Crippen LogP contribution in [0.15, 0.2) is 72.8 Å². The van der Waals surface area contributed by atoms with Crippen molar-refractivity contribution in [1.29, 1.82) is 0 Å². The molecule has 7 rings (SSSR count). The Morgan fingerprint density at radius 3 is 2.29 bits per heavy atom. The molecule has 0 bridgehead atoms. The summed E-state index contributed by atoms with van der Waals surface area (Å²) in [7, 11) is 4.58. The van der Waals surface area contributed by atoms with Gasteiger partial charge in [-0.1, -0.05) is 48.5 Å². The number of fused-ring (bicyclic) bond motifs is 3. The van der Waals surface area contributed by atoms with Crippen LogP contribution in [-0.4, -0.2) is 55.5 Å². The van der Waals surface area contributed by atoms with Crippen LogP contribution in [0.5, 0.6) is 23.0 Å². The molecule has 2 heterocycles. The van der Waals surface area contributed by atoms with Gasteiger partial charge in [0.15, 0.2) is 23.1 Å². The number of hydrogen-bond acceptors (Lipinski definition) is 7. The number of nitrogens with zero attached hydrogens (tertiary/aromatic N) is 1. The standard InChI is InChI=1S/C34H31NO6/c1-39-25-13-6-14-26(40-2)30(25)32(37)31-29(20-15-16-24(36)27(18-20)41-3)23-12-7-17-35(23)34(31)22-11-5-9-19-8-4-10-21(28(19)22)33(34)38/h4-6,8-11,13-16,18,23,29,31,36H,7,12,17H2,1-3H3. The van der Waals surface area contributed by atoms with Gasteiger partial charge in [-0.2, -0.15) is 0 Å². The van der Waals surface area contributed by atoms with Gasteiger partial charge in [0.05, 0.1) is 27.2 Å². The van der Waals surface area contributed by atoms with Crippen molar-refractivity contribution in [3.8, 4) is 23.0 Å². The minimum absolute atomic E-state index is 0.0237. The molecule has 7 nitrogen and oxygen atoms in total. The van der Waals surface area contributed by atoms with Crippen LogP contribution < -0.4 is 14.2 Å². The Morgan fingerprint density at radius 2 is 1.59 bits per heavy atom. The lowest BCUT2D eigenvalue weighted by atomic mass is 9.68. The number of hydrogen-bond donors (Lipinski definition) is 1. The number of carbonyl (C=O) groups is 2. The number of rotatable bonds is 6. The molecule has 2 aliphatic heterocycles. The highest BCUT2D eigenvalue weighted by Crippen LogP contribution is 2.63. The normalized spacial score (nSPS) is 24.7. The largest absolute Gasteiger partial charge is 0.504 e. The minimum atomic E-state index is -1.21. The summed E-state index contributed by atoms with van der Waals surface area (Å²) in [4.78, 5) is 32.4. The van der Waals surface area contributed by atoms with Gasteiger partial charge in [0.25, 0.3) is 0 Å². The molecule has 4 unspecified atom stereocenters. The van der Waals surface area contributed by atoms with Gasteiger partial charge in [0.2, 0.25) is 0 Å². The summed E-state index contributed by atoms with van der Waals surface area (Å²) in [6.45, 7) is 0.694. The Bertz CT molecular complexity index is 1700.